The van der Waals surface area contributed by atoms with E-state index in [1.165, 1.54) is 0 Å². The third-order valence-electron chi connectivity index (χ3n) is 2.32. The van der Waals surface area contributed by atoms with Crippen molar-refractivity contribution in [1.82, 2.24) is 4.98 Å². The molecule has 1 heterocycles. The van der Waals surface area contributed by atoms with Gasteiger partial charge in [-0.05, 0) is 31.2 Å². The highest BCUT2D eigenvalue weighted by molar-refractivity contribution is 6.31. The van der Waals surface area contributed by atoms with E-state index < -0.39 is 0 Å². The van der Waals surface area contributed by atoms with Gasteiger partial charge in [0.25, 0.3) is 0 Å². The van der Waals surface area contributed by atoms with Crippen molar-refractivity contribution >= 4 is 28.2 Å². The molecule has 1 aromatic carbocycles. The molecular weight excluding hydrogens is 222 g/mol. The van der Waals surface area contributed by atoms with Crippen molar-refractivity contribution in [1.29, 1.82) is 0 Å². The molecule has 2 rings (SSSR count). The number of nitrogens with one attached hydrogen (secondary N) is 1. The van der Waals surface area contributed by atoms with Crippen molar-refractivity contribution in [2.75, 3.05) is 11.9 Å². The number of aromatic nitrogens is 1. The van der Waals surface area contributed by atoms with Gasteiger partial charge in [0, 0.05) is 34.9 Å². The Balaban J connectivity index is 2.38. The predicted octanol–water partition coefficient (Wildman–Crippen LogP) is 2.65. The molecule has 1 unspecified atom stereocenters. The molecule has 16 heavy (non-hydrogen) atoms. The van der Waals surface area contributed by atoms with E-state index in [2.05, 4.69) is 10.3 Å². The van der Waals surface area contributed by atoms with Crippen LogP contribution in [0.4, 0.5) is 5.69 Å². The summed E-state index contributed by atoms with van der Waals surface area (Å²) < 4.78 is 0. The lowest BCUT2D eigenvalue weighted by Crippen LogP contribution is -2.25. The second-order valence-electron chi connectivity index (χ2n) is 3.88. The lowest BCUT2D eigenvalue weighted by atomic mass is 10.2. The summed E-state index contributed by atoms with van der Waals surface area (Å²) in [7, 11) is 0. The van der Waals surface area contributed by atoms with Crippen LogP contribution >= 0.6 is 11.6 Å². The number of benzene rings is 1. The fraction of sp³-hybridized carbons (Fsp3) is 0.250. The maximum atomic E-state index is 5.92. The summed E-state index contributed by atoms with van der Waals surface area (Å²) in [6.45, 7) is 2.70. The zero-order chi connectivity index (χ0) is 11.5. The van der Waals surface area contributed by atoms with E-state index in [0.29, 0.717) is 5.02 Å². The van der Waals surface area contributed by atoms with Gasteiger partial charge < -0.3 is 11.1 Å². The van der Waals surface area contributed by atoms with Crippen LogP contribution in [0.15, 0.2) is 30.5 Å². The second-order valence-corrected chi connectivity index (χ2v) is 4.31. The largest absolute Gasteiger partial charge is 0.383 e. The van der Waals surface area contributed by atoms with E-state index >= 15 is 0 Å². The molecule has 0 spiro atoms. The quantitative estimate of drug-likeness (QED) is 0.860. The number of rotatable bonds is 3. The standard InChI is InChI=1S/C12H14ClN3/c1-8(14)7-16-11-4-5-15-12-6-9(13)2-3-10(11)12/h2-6,8H,7,14H2,1H3,(H,15,16). The molecule has 0 saturated heterocycles. The molecule has 3 nitrogen and oxygen atoms in total. The Labute approximate surface area is 99.6 Å². The molecule has 84 valence electrons. The van der Waals surface area contributed by atoms with Gasteiger partial charge in [0.2, 0.25) is 0 Å². The van der Waals surface area contributed by atoms with Crippen molar-refractivity contribution < 1.29 is 0 Å². The summed E-state index contributed by atoms with van der Waals surface area (Å²) in [5, 5.41) is 5.06. The number of pyridine rings is 1. The molecular formula is C12H14ClN3. The van der Waals surface area contributed by atoms with E-state index in [9.17, 15) is 0 Å². The third-order valence-corrected chi connectivity index (χ3v) is 2.55. The number of nitrogens with two attached hydrogens (primary N) is 1. The molecule has 4 heteroatoms. The van der Waals surface area contributed by atoms with Crippen molar-refractivity contribution in [3.05, 3.63) is 35.5 Å². The minimum Gasteiger partial charge on any atom is -0.383 e. The highest BCUT2D eigenvalue weighted by Crippen LogP contribution is 2.24. The van der Waals surface area contributed by atoms with E-state index in [0.717, 1.165) is 23.1 Å². The lowest BCUT2D eigenvalue weighted by molar-refractivity contribution is 0.781. The fourth-order valence-corrected chi connectivity index (χ4v) is 1.71. The first-order valence-corrected chi connectivity index (χ1v) is 5.58. The van der Waals surface area contributed by atoms with Crippen molar-refractivity contribution in [3.8, 4) is 0 Å². The number of hydrogen-bond acceptors (Lipinski definition) is 3. The van der Waals surface area contributed by atoms with Gasteiger partial charge in [-0.25, -0.2) is 0 Å². The molecule has 0 aliphatic carbocycles. The minimum absolute atomic E-state index is 0.121. The molecule has 1 atom stereocenters. The van der Waals surface area contributed by atoms with Crippen LogP contribution in [0, 0.1) is 0 Å². The Morgan fingerprint density at radius 2 is 2.25 bits per heavy atom. The van der Waals surface area contributed by atoms with E-state index in [4.69, 9.17) is 17.3 Å². The van der Waals surface area contributed by atoms with Crippen molar-refractivity contribution in [2.45, 2.75) is 13.0 Å². The van der Waals surface area contributed by atoms with Crippen LogP contribution in [0.3, 0.4) is 0 Å². The smallest absolute Gasteiger partial charge is 0.0737 e. The Morgan fingerprint density at radius 1 is 1.44 bits per heavy atom. The van der Waals surface area contributed by atoms with Crippen LogP contribution in [-0.4, -0.2) is 17.6 Å². The summed E-state index contributed by atoms with van der Waals surface area (Å²) in [5.74, 6) is 0. The van der Waals surface area contributed by atoms with E-state index in [1.807, 2.05) is 31.2 Å². The highest BCUT2D eigenvalue weighted by Gasteiger charge is 2.02. The number of halogens is 1. The highest BCUT2D eigenvalue weighted by atomic mass is 35.5. The van der Waals surface area contributed by atoms with Gasteiger partial charge in [0.1, 0.15) is 0 Å². The molecule has 0 aliphatic rings. The fourth-order valence-electron chi connectivity index (χ4n) is 1.55. The Morgan fingerprint density at radius 3 is 3.00 bits per heavy atom. The topological polar surface area (TPSA) is 50.9 Å². The minimum atomic E-state index is 0.121. The Bertz CT molecular complexity index is 497. The van der Waals surface area contributed by atoms with Gasteiger partial charge in [-0.1, -0.05) is 11.6 Å². The van der Waals surface area contributed by atoms with E-state index in [-0.39, 0.29) is 6.04 Å². The number of fused-ring (bicyclic) bond motifs is 1. The molecule has 3 N–H and O–H groups in total. The Hall–Kier alpha value is -1.32. The van der Waals surface area contributed by atoms with Gasteiger partial charge in [-0.3, -0.25) is 4.98 Å². The van der Waals surface area contributed by atoms with Gasteiger partial charge in [0.15, 0.2) is 0 Å². The summed E-state index contributed by atoms with van der Waals surface area (Å²) in [4.78, 5) is 4.27. The van der Waals surface area contributed by atoms with E-state index in [1.54, 1.807) is 6.20 Å². The molecule has 0 amide bonds. The zero-order valence-corrected chi connectivity index (χ0v) is 9.83. The number of hydrogen-bond donors (Lipinski definition) is 2. The van der Waals surface area contributed by atoms with Gasteiger partial charge in [-0.2, -0.15) is 0 Å². The number of nitrogens with zero attached hydrogens (tertiary/aromatic N) is 1. The molecule has 0 saturated carbocycles. The first-order chi connectivity index (χ1) is 7.66. The molecule has 0 bridgehead atoms. The first kappa shape index (κ1) is 11.2. The predicted molar refractivity (Wildman–Crippen MR) is 68.9 cm³/mol. The molecule has 1 aromatic heterocycles. The van der Waals surface area contributed by atoms with Crippen LogP contribution in [0.5, 0.6) is 0 Å². The summed E-state index contributed by atoms with van der Waals surface area (Å²) in [6, 6.07) is 7.75. The average molecular weight is 236 g/mol. The molecule has 0 aliphatic heterocycles. The van der Waals surface area contributed by atoms with Crippen molar-refractivity contribution in [2.24, 2.45) is 5.73 Å². The molecule has 0 fully saturated rings. The molecule has 0 radical (unpaired) electrons. The normalized spacial score (nSPS) is 12.7. The third kappa shape index (κ3) is 2.43. The summed E-state index contributed by atoms with van der Waals surface area (Å²) >= 11 is 5.92. The Kier molecular flexibility index (Phi) is 3.27. The zero-order valence-electron chi connectivity index (χ0n) is 9.07. The molecule has 2 aromatic rings. The van der Waals surface area contributed by atoms with Crippen LogP contribution in [0.2, 0.25) is 5.02 Å². The maximum absolute atomic E-state index is 5.92. The maximum Gasteiger partial charge on any atom is 0.0737 e. The lowest BCUT2D eigenvalue weighted by Gasteiger charge is -2.11. The SMILES string of the molecule is CC(N)CNc1ccnc2cc(Cl)ccc12. The monoisotopic (exact) mass is 235 g/mol. The first-order valence-electron chi connectivity index (χ1n) is 5.20. The van der Waals surface area contributed by atoms with Crippen LogP contribution < -0.4 is 11.1 Å². The average Bonchev–Trinajstić information content (AvgIpc) is 2.25. The van der Waals surface area contributed by atoms with Crippen LogP contribution in [-0.2, 0) is 0 Å². The van der Waals surface area contributed by atoms with Crippen LogP contribution in [0.1, 0.15) is 6.92 Å². The number of anilines is 1. The second kappa shape index (κ2) is 4.68. The summed E-state index contributed by atoms with van der Waals surface area (Å²) in [6.07, 6.45) is 1.77. The van der Waals surface area contributed by atoms with Crippen LogP contribution in [0.25, 0.3) is 10.9 Å². The van der Waals surface area contributed by atoms with Gasteiger partial charge in [0.05, 0.1) is 5.52 Å². The summed E-state index contributed by atoms with van der Waals surface area (Å²) in [5.41, 5.74) is 7.64. The van der Waals surface area contributed by atoms with Crippen molar-refractivity contribution in [3.63, 3.8) is 0 Å². The van der Waals surface area contributed by atoms with Gasteiger partial charge in [-0.15, -0.1) is 0 Å². The van der Waals surface area contributed by atoms with Gasteiger partial charge >= 0.3 is 0 Å².